The molecule has 2 N–H and O–H groups in total. The number of nitrogens with one attached hydrogen (secondary N) is 2. The summed E-state index contributed by atoms with van der Waals surface area (Å²) in [5, 5.41) is 6.33. The van der Waals surface area contributed by atoms with Gasteiger partial charge in [0.05, 0.1) is 7.11 Å². The van der Waals surface area contributed by atoms with Gasteiger partial charge in [0, 0.05) is 45.5 Å². The summed E-state index contributed by atoms with van der Waals surface area (Å²) in [7, 11) is 1.64. The number of dihydropyridines is 1. The lowest BCUT2D eigenvalue weighted by atomic mass is 9.71. The van der Waals surface area contributed by atoms with Crippen LogP contribution in [-0.2, 0) is 9.59 Å². The highest BCUT2D eigenvalue weighted by Gasteiger charge is 2.41. The predicted octanol–water partition coefficient (Wildman–Crippen LogP) is 5.85. The number of aromatic nitrogens is 1. The molecule has 36 heavy (non-hydrogen) atoms. The highest BCUT2D eigenvalue weighted by atomic mass is 79.9. The standard InChI is InChI=1S/C29H26BrN3O3/c1-17-26(29(35)33-25-9-5-6-14-31-25)27(21-7-3-4-8-22(21)30)28-23(32-17)15-19(16-24(28)34)18-10-12-20(36-2)13-11-18/h3-14,19,27,32H,15-16H2,1-2H3,(H,31,33,35). The average molecular weight is 544 g/mol. The quantitative estimate of drug-likeness (QED) is 0.421. The van der Waals surface area contributed by atoms with E-state index in [1.807, 2.05) is 61.5 Å². The fourth-order valence-electron chi connectivity index (χ4n) is 5.09. The number of carbonyl (C=O) groups is 2. The number of halogens is 1. The molecule has 1 aliphatic heterocycles. The third kappa shape index (κ3) is 4.58. The number of pyridine rings is 1. The lowest BCUT2D eigenvalue weighted by Crippen LogP contribution is -2.37. The molecular formula is C29H26BrN3O3. The Labute approximate surface area is 218 Å². The monoisotopic (exact) mass is 543 g/mol. The Bertz CT molecular complexity index is 1380. The number of rotatable bonds is 5. The van der Waals surface area contributed by atoms with Gasteiger partial charge in [0.2, 0.25) is 0 Å². The van der Waals surface area contributed by atoms with Crippen molar-refractivity contribution in [3.63, 3.8) is 0 Å². The zero-order valence-electron chi connectivity index (χ0n) is 20.0. The Morgan fingerprint density at radius 1 is 1.06 bits per heavy atom. The second-order valence-electron chi connectivity index (χ2n) is 8.98. The summed E-state index contributed by atoms with van der Waals surface area (Å²) in [6, 6.07) is 21.0. The molecule has 182 valence electrons. The molecule has 0 radical (unpaired) electrons. The van der Waals surface area contributed by atoms with Gasteiger partial charge < -0.3 is 15.4 Å². The van der Waals surface area contributed by atoms with Crippen LogP contribution in [0.15, 0.2) is 99.9 Å². The molecule has 2 heterocycles. The van der Waals surface area contributed by atoms with Gasteiger partial charge in [-0.3, -0.25) is 9.59 Å². The second kappa shape index (κ2) is 10.1. The molecule has 2 unspecified atom stereocenters. The molecule has 1 aromatic heterocycles. The van der Waals surface area contributed by atoms with Crippen molar-refractivity contribution in [1.82, 2.24) is 10.3 Å². The number of nitrogens with zero attached hydrogens (tertiary/aromatic N) is 1. The molecule has 0 saturated carbocycles. The van der Waals surface area contributed by atoms with Crippen LogP contribution in [0.3, 0.4) is 0 Å². The molecule has 2 aromatic carbocycles. The Morgan fingerprint density at radius 3 is 2.50 bits per heavy atom. The van der Waals surface area contributed by atoms with Gasteiger partial charge >= 0.3 is 0 Å². The van der Waals surface area contributed by atoms with Crippen LogP contribution in [0.1, 0.15) is 42.7 Å². The van der Waals surface area contributed by atoms with Crippen molar-refractivity contribution < 1.29 is 14.3 Å². The first kappa shape index (κ1) is 24.0. The minimum atomic E-state index is -0.496. The minimum Gasteiger partial charge on any atom is -0.497 e. The Hall–Kier alpha value is -3.71. The van der Waals surface area contributed by atoms with Crippen LogP contribution in [0.4, 0.5) is 5.82 Å². The zero-order chi connectivity index (χ0) is 25.2. The molecule has 7 heteroatoms. The molecule has 0 spiro atoms. The summed E-state index contributed by atoms with van der Waals surface area (Å²) in [6.07, 6.45) is 2.69. The van der Waals surface area contributed by atoms with E-state index in [9.17, 15) is 9.59 Å². The van der Waals surface area contributed by atoms with Crippen LogP contribution < -0.4 is 15.4 Å². The first-order valence-electron chi connectivity index (χ1n) is 11.8. The predicted molar refractivity (Wildman–Crippen MR) is 143 cm³/mol. The molecule has 0 saturated heterocycles. The van der Waals surface area contributed by atoms with Crippen LogP contribution in [0.5, 0.6) is 5.75 Å². The lowest BCUT2D eigenvalue weighted by Gasteiger charge is -2.37. The Balaban J connectivity index is 1.55. The molecule has 6 nitrogen and oxygen atoms in total. The van der Waals surface area contributed by atoms with E-state index in [4.69, 9.17) is 4.74 Å². The van der Waals surface area contributed by atoms with E-state index in [-0.39, 0.29) is 17.6 Å². The van der Waals surface area contributed by atoms with Crippen molar-refractivity contribution in [3.8, 4) is 5.75 Å². The maximum absolute atomic E-state index is 13.8. The molecule has 1 amide bonds. The maximum Gasteiger partial charge on any atom is 0.255 e. The lowest BCUT2D eigenvalue weighted by molar-refractivity contribution is -0.116. The number of amides is 1. The highest BCUT2D eigenvalue weighted by Crippen LogP contribution is 2.47. The fraction of sp³-hybridized carbons (Fsp3) is 0.207. The number of allylic oxidation sites excluding steroid dienone is 3. The van der Waals surface area contributed by atoms with Crippen molar-refractivity contribution in [1.29, 1.82) is 0 Å². The van der Waals surface area contributed by atoms with Crippen molar-refractivity contribution in [2.45, 2.75) is 31.6 Å². The number of methoxy groups -OCH3 is 1. The third-order valence-corrected chi connectivity index (χ3v) is 7.50. The molecule has 0 fully saturated rings. The van der Waals surface area contributed by atoms with Gasteiger partial charge in [-0.2, -0.15) is 0 Å². The van der Waals surface area contributed by atoms with Gasteiger partial charge in [0.25, 0.3) is 5.91 Å². The number of anilines is 1. The molecule has 5 rings (SSSR count). The topological polar surface area (TPSA) is 80.3 Å². The number of ether oxygens (including phenoxy) is 1. The molecular weight excluding hydrogens is 518 g/mol. The summed E-state index contributed by atoms with van der Waals surface area (Å²) in [4.78, 5) is 31.6. The molecule has 2 aliphatic rings. The number of ketones is 1. The van der Waals surface area contributed by atoms with Gasteiger partial charge in [-0.05, 0) is 60.7 Å². The summed E-state index contributed by atoms with van der Waals surface area (Å²) in [6.45, 7) is 1.89. The van der Waals surface area contributed by atoms with Gasteiger partial charge in [0.1, 0.15) is 11.6 Å². The fourth-order valence-corrected chi connectivity index (χ4v) is 5.61. The number of hydrogen-bond donors (Lipinski definition) is 2. The smallest absolute Gasteiger partial charge is 0.255 e. The average Bonchev–Trinajstić information content (AvgIpc) is 2.88. The normalized spacial score (nSPS) is 19.5. The number of Topliss-reactive ketones (excluding diaryl/α,β-unsaturated/α-hetero) is 1. The number of carbonyl (C=O) groups excluding carboxylic acids is 2. The summed E-state index contributed by atoms with van der Waals surface area (Å²) < 4.78 is 6.14. The summed E-state index contributed by atoms with van der Waals surface area (Å²) in [5.74, 6) is 0.559. The summed E-state index contributed by atoms with van der Waals surface area (Å²) >= 11 is 3.66. The molecule has 3 aromatic rings. The largest absolute Gasteiger partial charge is 0.497 e. The SMILES string of the molecule is COc1ccc(C2CC(=O)C3=C(C2)NC(C)=C(C(=O)Nc2ccccn2)C3c2ccccc2Br)cc1. The Morgan fingerprint density at radius 2 is 1.81 bits per heavy atom. The first-order chi connectivity index (χ1) is 17.5. The molecule has 2 atom stereocenters. The Kier molecular flexibility index (Phi) is 6.74. The van der Waals surface area contributed by atoms with Crippen LogP contribution >= 0.6 is 15.9 Å². The van der Waals surface area contributed by atoms with Gasteiger partial charge in [0.15, 0.2) is 5.78 Å². The second-order valence-corrected chi connectivity index (χ2v) is 9.84. The molecule has 1 aliphatic carbocycles. The van der Waals surface area contributed by atoms with Crippen LogP contribution in [0, 0.1) is 0 Å². The van der Waals surface area contributed by atoms with Gasteiger partial charge in [-0.25, -0.2) is 4.98 Å². The minimum absolute atomic E-state index is 0.0426. The van der Waals surface area contributed by atoms with E-state index in [1.165, 1.54) is 0 Å². The van der Waals surface area contributed by atoms with Crippen molar-refractivity contribution >= 4 is 33.4 Å². The first-order valence-corrected chi connectivity index (χ1v) is 12.6. The van der Waals surface area contributed by atoms with Crippen LogP contribution in [0.2, 0.25) is 0 Å². The van der Waals surface area contributed by atoms with Crippen LogP contribution in [-0.4, -0.2) is 23.8 Å². The van der Waals surface area contributed by atoms with Crippen molar-refractivity contribution in [3.05, 3.63) is 111 Å². The van der Waals surface area contributed by atoms with Gasteiger partial charge in [-0.15, -0.1) is 0 Å². The third-order valence-electron chi connectivity index (χ3n) is 6.78. The van der Waals surface area contributed by atoms with Crippen molar-refractivity contribution in [2.24, 2.45) is 0 Å². The zero-order valence-corrected chi connectivity index (χ0v) is 21.6. The van der Waals surface area contributed by atoms with E-state index in [2.05, 4.69) is 31.5 Å². The highest BCUT2D eigenvalue weighted by molar-refractivity contribution is 9.10. The van der Waals surface area contributed by atoms with E-state index >= 15 is 0 Å². The molecule has 0 bridgehead atoms. The maximum atomic E-state index is 13.8. The van der Waals surface area contributed by atoms with Crippen molar-refractivity contribution in [2.75, 3.05) is 12.4 Å². The summed E-state index contributed by atoms with van der Waals surface area (Å²) in [5.41, 5.74) is 4.75. The number of hydrogen-bond acceptors (Lipinski definition) is 5. The van der Waals surface area contributed by atoms with Crippen LogP contribution in [0.25, 0.3) is 0 Å². The number of benzene rings is 2. The van der Waals surface area contributed by atoms with E-state index in [0.717, 1.165) is 32.7 Å². The van der Waals surface area contributed by atoms with E-state index in [1.54, 1.807) is 25.4 Å². The van der Waals surface area contributed by atoms with Gasteiger partial charge in [-0.1, -0.05) is 52.3 Å². The van der Waals surface area contributed by atoms with E-state index < -0.39 is 5.92 Å². The van der Waals surface area contributed by atoms with E-state index in [0.29, 0.717) is 29.8 Å².